The summed E-state index contributed by atoms with van der Waals surface area (Å²) in [5.41, 5.74) is 6.01. The molecule has 3 aromatic rings. The van der Waals surface area contributed by atoms with E-state index in [4.69, 9.17) is 16.6 Å². The first kappa shape index (κ1) is 33.3. The quantitative estimate of drug-likeness (QED) is 0.258. The van der Waals surface area contributed by atoms with Gasteiger partial charge in [-0.3, -0.25) is 19.4 Å². The largest absolute Gasteiger partial charge is 0.343 e. The Kier molecular flexibility index (Phi) is 9.95. The van der Waals surface area contributed by atoms with Crippen molar-refractivity contribution < 1.29 is 9.59 Å². The SMILES string of the molecule is CC(=O)N1CCC(C(=O)N(CCCN2C3CCC2CC(n2c(C)nc4c2CCN(Cc2ccccc2)C4)C3)c2ccc(C)c(Cl)c2)CC1. The van der Waals surface area contributed by atoms with Gasteiger partial charge < -0.3 is 14.4 Å². The molecule has 0 aliphatic carbocycles. The Labute approximate surface area is 291 Å². The van der Waals surface area contributed by atoms with E-state index in [-0.39, 0.29) is 17.7 Å². The molecule has 0 saturated carbocycles. The standard InChI is InChI=1S/C39H51ClN6O2/c1-27-10-11-34(24-36(27)40)45(39(48)31-14-20-43(21-15-31)29(3)47)18-7-17-44-32-12-13-33(44)23-35(22-32)46-28(2)41-37-26-42(19-16-38(37)46)25-30-8-5-4-6-9-30/h4-6,8-11,24,31-33,35H,7,12-23,25-26H2,1-3H3. The number of fused-ring (bicyclic) bond motifs is 3. The Balaban J connectivity index is 0.986. The van der Waals surface area contributed by atoms with E-state index >= 15 is 0 Å². The predicted molar refractivity (Wildman–Crippen MR) is 191 cm³/mol. The zero-order chi connectivity index (χ0) is 33.4. The highest BCUT2D eigenvalue weighted by atomic mass is 35.5. The van der Waals surface area contributed by atoms with Crippen molar-refractivity contribution in [3.8, 4) is 0 Å². The number of imidazole rings is 1. The number of hydrogen-bond acceptors (Lipinski definition) is 5. The number of likely N-dealkylation sites (tertiary alicyclic amines) is 1. The molecule has 4 aliphatic rings. The number of carbonyl (C=O) groups excluding carboxylic acids is 2. The molecule has 1 aromatic heterocycles. The van der Waals surface area contributed by atoms with Crippen molar-refractivity contribution in [1.82, 2.24) is 24.3 Å². The number of halogens is 1. The molecule has 0 spiro atoms. The second kappa shape index (κ2) is 14.3. The van der Waals surface area contributed by atoms with Crippen LogP contribution in [-0.4, -0.2) is 80.9 Å². The van der Waals surface area contributed by atoms with Gasteiger partial charge in [0, 0.05) is 99.6 Å². The molecule has 2 bridgehead atoms. The van der Waals surface area contributed by atoms with E-state index in [0.29, 0.717) is 55.6 Å². The number of anilines is 1. The maximum Gasteiger partial charge on any atom is 0.230 e. The van der Waals surface area contributed by atoms with Crippen molar-refractivity contribution in [3.63, 3.8) is 0 Å². The van der Waals surface area contributed by atoms with E-state index in [1.165, 1.54) is 48.5 Å². The molecule has 3 saturated heterocycles. The number of aromatic nitrogens is 2. The van der Waals surface area contributed by atoms with Gasteiger partial charge in [-0.15, -0.1) is 0 Å². The average Bonchev–Trinajstić information content (AvgIpc) is 3.53. The summed E-state index contributed by atoms with van der Waals surface area (Å²) in [7, 11) is 0. The molecule has 2 aromatic carbocycles. The lowest BCUT2D eigenvalue weighted by molar-refractivity contribution is -0.133. The monoisotopic (exact) mass is 670 g/mol. The maximum absolute atomic E-state index is 14.0. The molecular weight excluding hydrogens is 620 g/mol. The van der Waals surface area contributed by atoms with Crippen molar-refractivity contribution in [2.45, 2.75) is 103 Å². The zero-order valence-corrected chi connectivity index (χ0v) is 29.7. The maximum atomic E-state index is 14.0. The Bertz CT molecular complexity index is 1600. The van der Waals surface area contributed by atoms with Gasteiger partial charge in [-0.1, -0.05) is 48.0 Å². The van der Waals surface area contributed by atoms with E-state index in [1.807, 2.05) is 34.9 Å². The average molecular weight is 671 g/mol. The predicted octanol–water partition coefficient (Wildman–Crippen LogP) is 6.56. The van der Waals surface area contributed by atoms with Crippen LogP contribution < -0.4 is 4.90 Å². The molecule has 3 fully saturated rings. The summed E-state index contributed by atoms with van der Waals surface area (Å²) in [4.78, 5) is 40.1. The number of piperidine rings is 2. The summed E-state index contributed by atoms with van der Waals surface area (Å²) < 4.78 is 2.62. The zero-order valence-electron chi connectivity index (χ0n) is 28.9. The van der Waals surface area contributed by atoms with Crippen LogP contribution >= 0.6 is 11.6 Å². The minimum Gasteiger partial charge on any atom is -0.343 e. The summed E-state index contributed by atoms with van der Waals surface area (Å²) in [6.45, 7) is 11.8. The number of amides is 2. The van der Waals surface area contributed by atoms with Crippen molar-refractivity contribution in [2.75, 3.05) is 37.6 Å². The van der Waals surface area contributed by atoms with Crippen molar-refractivity contribution >= 4 is 29.1 Å². The number of hydrogen-bond donors (Lipinski definition) is 0. The van der Waals surface area contributed by atoms with E-state index in [0.717, 1.165) is 50.3 Å². The highest BCUT2D eigenvalue weighted by Gasteiger charge is 2.42. The van der Waals surface area contributed by atoms with Gasteiger partial charge in [0.1, 0.15) is 5.82 Å². The highest BCUT2D eigenvalue weighted by molar-refractivity contribution is 6.31. The lowest BCUT2D eigenvalue weighted by Gasteiger charge is -2.41. The van der Waals surface area contributed by atoms with Crippen molar-refractivity contribution in [1.29, 1.82) is 0 Å². The van der Waals surface area contributed by atoms with Gasteiger partial charge in [0.2, 0.25) is 11.8 Å². The van der Waals surface area contributed by atoms with Gasteiger partial charge >= 0.3 is 0 Å². The summed E-state index contributed by atoms with van der Waals surface area (Å²) >= 11 is 6.56. The number of rotatable bonds is 9. The summed E-state index contributed by atoms with van der Waals surface area (Å²) in [6.07, 6.45) is 8.30. The van der Waals surface area contributed by atoms with Crippen LogP contribution in [0.5, 0.6) is 0 Å². The first-order valence-electron chi connectivity index (χ1n) is 18.2. The Hall–Kier alpha value is -3.20. The first-order chi connectivity index (χ1) is 23.2. The number of nitrogens with zero attached hydrogens (tertiary/aromatic N) is 6. The van der Waals surface area contributed by atoms with Gasteiger partial charge in [0.15, 0.2) is 0 Å². The molecule has 48 heavy (non-hydrogen) atoms. The number of benzene rings is 2. The fourth-order valence-electron chi connectivity index (χ4n) is 9.07. The summed E-state index contributed by atoms with van der Waals surface area (Å²) in [5, 5.41) is 0.692. The molecule has 2 unspecified atom stereocenters. The van der Waals surface area contributed by atoms with Crippen LogP contribution in [0.3, 0.4) is 0 Å². The topological polar surface area (TPSA) is 64.9 Å². The molecule has 2 atom stereocenters. The number of carbonyl (C=O) groups is 2. The van der Waals surface area contributed by atoms with Gasteiger partial charge in [0.25, 0.3) is 0 Å². The highest BCUT2D eigenvalue weighted by Crippen LogP contribution is 2.42. The van der Waals surface area contributed by atoms with Crippen LogP contribution in [0.25, 0.3) is 0 Å². The van der Waals surface area contributed by atoms with Crippen molar-refractivity contribution in [3.05, 3.63) is 81.9 Å². The van der Waals surface area contributed by atoms with Crippen LogP contribution in [0, 0.1) is 19.8 Å². The van der Waals surface area contributed by atoms with E-state index in [2.05, 4.69) is 51.6 Å². The first-order valence-corrected chi connectivity index (χ1v) is 18.5. The molecule has 9 heteroatoms. The fourth-order valence-corrected chi connectivity index (χ4v) is 9.24. The molecule has 5 heterocycles. The normalized spacial score (nSPS) is 23.3. The minimum atomic E-state index is -0.0673. The smallest absolute Gasteiger partial charge is 0.230 e. The van der Waals surface area contributed by atoms with Gasteiger partial charge in [0.05, 0.1) is 5.69 Å². The van der Waals surface area contributed by atoms with E-state index in [1.54, 1.807) is 6.92 Å². The minimum absolute atomic E-state index is 0.0673. The van der Waals surface area contributed by atoms with Crippen LogP contribution in [0.15, 0.2) is 48.5 Å². The molecule has 0 N–H and O–H groups in total. The van der Waals surface area contributed by atoms with E-state index in [9.17, 15) is 9.59 Å². The van der Waals surface area contributed by atoms with Crippen LogP contribution in [0.1, 0.15) is 86.3 Å². The Morgan fingerprint density at radius 1 is 0.938 bits per heavy atom. The molecule has 2 amide bonds. The molecule has 256 valence electrons. The third-order valence-corrected chi connectivity index (χ3v) is 12.0. The lowest BCUT2D eigenvalue weighted by Crippen LogP contribution is -2.46. The summed E-state index contributed by atoms with van der Waals surface area (Å²) in [6, 6.07) is 18.5. The van der Waals surface area contributed by atoms with Gasteiger partial charge in [-0.05, 0) is 82.1 Å². The van der Waals surface area contributed by atoms with Crippen LogP contribution in [-0.2, 0) is 29.1 Å². The summed E-state index contributed by atoms with van der Waals surface area (Å²) in [5.74, 6) is 1.37. The Morgan fingerprint density at radius 3 is 2.35 bits per heavy atom. The second-order valence-electron chi connectivity index (χ2n) is 14.7. The Morgan fingerprint density at radius 2 is 1.67 bits per heavy atom. The van der Waals surface area contributed by atoms with E-state index < -0.39 is 0 Å². The number of aryl methyl sites for hydroxylation is 2. The third-order valence-electron chi connectivity index (χ3n) is 11.6. The van der Waals surface area contributed by atoms with Crippen molar-refractivity contribution in [2.24, 2.45) is 5.92 Å². The second-order valence-corrected chi connectivity index (χ2v) is 15.1. The molecule has 8 nitrogen and oxygen atoms in total. The molecule has 7 rings (SSSR count). The van der Waals surface area contributed by atoms with Crippen LogP contribution in [0.2, 0.25) is 5.02 Å². The fraction of sp³-hybridized carbons (Fsp3) is 0.564. The molecule has 4 aliphatic heterocycles. The lowest BCUT2D eigenvalue weighted by atomic mass is 9.94. The molecular formula is C39H51ClN6O2. The van der Waals surface area contributed by atoms with Gasteiger partial charge in [-0.2, -0.15) is 0 Å². The third kappa shape index (κ3) is 6.94. The molecule has 0 radical (unpaired) electrons. The van der Waals surface area contributed by atoms with Gasteiger partial charge in [-0.25, -0.2) is 4.98 Å². The van der Waals surface area contributed by atoms with Crippen LogP contribution in [0.4, 0.5) is 5.69 Å².